The van der Waals surface area contributed by atoms with Crippen LogP contribution in [0, 0.1) is 0 Å². The molecule has 168 valence electrons. The zero-order valence-electron chi connectivity index (χ0n) is 19.7. The van der Waals surface area contributed by atoms with Crippen molar-refractivity contribution in [2.45, 2.75) is 59.1 Å². The van der Waals surface area contributed by atoms with Crippen molar-refractivity contribution < 1.29 is 9.53 Å². The van der Waals surface area contributed by atoms with Gasteiger partial charge in [-0.3, -0.25) is 10.3 Å². The Kier molecular flexibility index (Phi) is 6.53. The van der Waals surface area contributed by atoms with Crippen molar-refractivity contribution in [1.82, 2.24) is 20.6 Å². The highest BCUT2D eigenvalue weighted by Gasteiger charge is 2.17. The number of benzene rings is 2. The van der Waals surface area contributed by atoms with Crippen LogP contribution in [0.2, 0.25) is 0 Å². The molecule has 0 spiro atoms. The molecule has 1 heterocycles. The zero-order chi connectivity index (χ0) is 23.5. The molecule has 0 fully saturated rings. The quantitative estimate of drug-likeness (QED) is 0.542. The van der Waals surface area contributed by atoms with Gasteiger partial charge in [0.05, 0.1) is 22.9 Å². The van der Waals surface area contributed by atoms with Gasteiger partial charge in [-0.1, -0.05) is 63.7 Å². The fourth-order valence-corrected chi connectivity index (χ4v) is 3.20. The summed E-state index contributed by atoms with van der Waals surface area (Å²) in [6.45, 7) is 16.3. The molecule has 0 aliphatic carbocycles. The van der Waals surface area contributed by atoms with E-state index in [2.05, 4.69) is 67.2 Å². The number of hydrogen-bond acceptors (Lipinski definition) is 5. The van der Waals surface area contributed by atoms with E-state index in [1.807, 2.05) is 39.0 Å². The molecule has 0 unspecified atom stereocenters. The third-order valence-electron chi connectivity index (χ3n) is 4.85. The highest BCUT2D eigenvalue weighted by molar-refractivity contribution is 5.80. The van der Waals surface area contributed by atoms with Gasteiger partial charge >= 0.3 is 6.09 Å². The molecule has 0 bridgehead atoms. The van der Waals surface area contributed by atoms with Crippen LogP contribution in [0.3, 0.4) is 0 Å². The molecule has 32 heavy (non-hydrogen) atoms. The summed E-state index contributed by atoms with van der Waals surface area (Å²) in [6, 6.07) is 14.3. The molecule has 1 aromatic heterocycles. The van der Waals surface area contributed by atoms with Gasteiger partial charge in [0.1, 0.15) is 11.4 Å². The smallest absolute Gasteiger partial charge is 0.413 e. The van der Waals surface area contributed by atoms with E-state index in [1.165, 1.54) is 5.56 Å². The van der Waals surface area contributed by atoms with Crippen molar-refractivity contribution >= 4 is 17.1 Å². The van der Waals surface area contributed by atoms with E-state index in [4.69, 9.17) is 9.72 Å². The number of aromatic nitrogens is 2. The number of alkyl carbamates (subject to hydrolysis) is 1. The van der Waals surface area contributed by atoms with Gasteiger partial charge in [0.25, 0.3) is 0 Å². The Balaban J connectivity index is 1.72. The van der Waals surface area contributed by atoms with Crippen molar-refractivity contribution in [2.24, 2.45) is 0 Å². The molecule has 6 nitrogen and oxygen atoms in total. The van der Waals surface area contributed by atoms with Crippen LogP contribution in [0.5, 0.6) is 0 Å². The number of nitrogens with one attached hydrogen (secondary N) is 2. The van der Waals surface area contributed by atoms with E-state index in [9.17, 15) is 4.79 Å². The van der Waals surface area contributed by atoms with Crippen LogP contribution in [0.4, 0.5) is 4.79 Å². The van der Waals surface area contributed by atoms with Crippen molar-refractivity contribution in [3.63, 3.8) is 0 Å². The number of carbonyl (C=O) groups is 1. The molecular formula is C26H32N4O2. The first kappa shape index (κ1) is 23.3. The lowest BCUT2D eigenvalue weighted by atomic mass is 9.86. The first-order chi connectivity index (χ1) is 14.9. The SMILES string of the molecule is C=C(NCc1cccc2nc(-c3ccc(C(C)(C)C)cc3)cnc12)NC(=O)OC(C)(C)C. The van der Waals surface area contributed by atoms with E-state index in [-0.39, 0.29) is 5.41 Å². The topological polar surface area (TPSA) is 76.1 Å². The van der Waals surface area contributed by atoms with Crippen LogP contribution in [-0.4, -0.2) is 21.7 Å². The second-order valence-electron chi connectivity index (χ2n) is 9.83. The van der Waals surface area contributed by atoms with Crippen LogP contribution >= 0.6 is 0 Å². The van der Waals surface area contributed by atoms with Crippen molar-refractivity contribution in [2.75, 3.05) is 0 Å². The third kappa shape index (κ3) is 6.06. The first-order valence-electron chi connectivity index (χ1n) is 10.7. The second kappa shape index (κ2) is 8.99. The Labute approximate surface area is 190 Å². The van der Waals surface area contributed by atoms with Gasteiger partial charge in [-0.15, -0.1) is 0 Å². The highest BCUT2D eigenvalue weighted by atomic mass is 16.6. The Morgan fingerprint density at radius 1 is 1.03 bits per heavy atom. The summed E-state index contributed by atoms with van der Waals surface area (Å²) in [5.41, 5.74) is 5.26. The first-order valence-corrected chi connectivity index (χ1v) is 10.7. The number of fused-ring (bicyclic) bond motifs is 1. The van der Waals surface area contributed by atoms with Crippen molar-refractivity contribution in [1.29, 1.82) is 0 Å². The average Bonchev–Trinajstić information content (AvgIpc) is 2.69. The van der Waals surface area contributed by atoms with Crippen LogP contribution < -0.4 is 10.6 Å². The van der Waals surface area contributed by atoms with Gasteiger partial charge in [-0.05, 0) is 43.4 Å². The van der Waals surface area contributed by atoms with Gasteiger partial charge in [0.15, 0.2) is 0 Å². The standard InChI is InChI=1S/C26H32N4O2/c1-17(29-24(31)32-26(5,6)7)27-15-19-9-8-10-21-23(19)28-16-22(30-21)18-11-13-20(14-12-18)25(2,3)4/h8-14,16,27H,1,15H2,2-7H3,(H,29,31). The average molecular weight is 433 g/mol. The summed E-state index contributed by atoms with van der Waals surface area (Å²) in [5.74, 6) is 0.361. The Morgan fingerprint density at radius 2 is 1.72 bits per heavy atom. The minimum absolute atomic E-state index is 0.109. The fourth-order valence-electron chi connectivity index (χ4n) is 3.20. The predicted molar refractivity (Wildman–Crippen MR) is 129 cm³/mol. The maximum atomic E-state index is 11.9. The van der Waals surface area contributed by atoms with E-state index in [1.54, 1.807) is 6.20 Å². The minimum atomic E-state index is -0.569. The molecule has 0 atom stereocenters. The van der Waals surface area contributed by atoms with Gasteiger partial charge < -0.3 is 10.1 Å². The maximum Gasteiger partial charge on any atom is 0.413 e. The molecule has 0 saturated heterocycles. The summed E-state index contributed by atoms with van der Waals surface area (Å²) in [7, 11) is 0. The molecule has 1 amide bonds. The Morgan fingerprint density at radius 3 is 2.34 bits per heavy atom. The number of amides is 1. The van der Waals surface area contributed by atoms with E-state index in [0.717, 1.165) is 27.9 Å². The predicted octanol–water partition coefficient (Wildman–Crippen LogP) is 5.68. The number of hydrogen-bond donors (Lipinski definition) is 2. The highest BCUT2D eigenvalue weighted by Crippen LogP contribution is 2.26. The van der Waals surface area contributed by atoms with Crippen LogP contribution in [-0.2, 0) is 16.7 Å². The Bertz CT molecular complexity index is 1120. The lowest BCUT2D eigenvalue weighted by Gasteiger charge is -2.20. The van der Waals surface area contributed by atoms with Gasteiger partial charge in [0, 0.05) is 12.1 Å². The Hall–Kier alpha value is -3.41. The van der Waals surface area contributed by atoms with Crippen LogP contribution in [0.1, 0.15) is 52.7 Å². The van der Waals surface area contributed by atoms with Crippen molar-refractivity contribution in [3.8, 4) is 11.3 Å². The third-order valence-corrected chi connectivity index (χ3v) is 4.85. The lowest BCUT2D eigenvalue weighted by Crippen LogP contribution is -2.35. The molecule has 0 aliphatic heterocycles. The second-order valence-corrected chi connectivity index (χ2v) is 9.83. The molecule has 3 aromatic rings. The normalized spacial score (nSPS) is 11.8. The van der Waals surface area contributed by atoms with Crippen LogP contribution in [0.25, 0.3) is 22.3 Å². The van der Waals surface area contributed by atoms with Crippen LogP contribution in [0.15, 0.2) is 61.1 Å². The molecule has 6 heteroatoms. The van der Waals surface area contributed by atoms with E-state index in [0.29, 0.717) is 12.4 Å². The summed E-state index contributed by atoms with van der Waals surface area (Å²) >= 11 is 0. The van der Waals surface area contributed by atoms with Gasteiger partial charge in [-0.2, -0.15) is 0 Å². The number of para-hydroxylation sites is 1. The monoisotopic (exact) mass is 432 g/mol. The maximum absolute atomic E-state index is 11.9. The molecule has 3 rings (SSSR count). The van der Waals surface area contributed by atoms with Gasteiger partial charge in [-0.25, -0.2) is 9.78 Å². The van der Waals surface area contributed by atoms with Gasteiger partial charge in [0.2, 0.25) is 0 Å². The number of nitrogens with zero attached hydrogens (tertiary/aromatic N) is 2. The summed E-state index contributed by atoms with van der Waals surface area (Å²) in [6.07, 6.45) is 1.25. The molecule has 2 aromatic carbocycles. The minimum Gasteiger partial charge on any atom is -0.444 e. The molecule has 0 saturated carbocycles. The fraction of sp³-hybridized carbons (Fsp3) is 0.346. The summed E-state index contributed by atoms with van der Waals surface area (Å²) in [5, 5.41) is 5.70. The molecule has 2 N–H and O–H groups in total. The lowest BCUT2D eigenvalue weighted by molar-refractivity contribution is 0.0542. The molecule has 0 aliphatic rings. The van der Waals surface area contributed by atoms with Crippen molar-refractivity contribution in [3.05, 3.63) is 72.2 Å². The number of ether oxygens (including phenoxy) is 1. The molecule has 0 radical (unpaired) electrons. The number of rotatable bonds is 5. The summed E-state index contributed by atoms with van der Waals surface area (Å²) in [4.78, 5) is 21.4. The van der Waals surface area contributed by atoms with E-state index >= 15 is 0 Å². The zero-order valence-corrected chi connectivity index (χ0v) is 19.7. The number of carbonyl (C=O) groups excluding carboxylic acids is 1. The molecular weight excluding hydrogens is 400 g/mol. The largest absolute Gasteiger partial charge is 0.444 e. The summed E-state index contributed by atoms with van der Waals surface area (Å²) < 4.78 is 5.24. The van der Waals surface area contributed by atoms with E-state index < -0.39 is 11.7 Å².